The highest BCUT2D eigenvalue weighted by atomic mass is 32.1. The number of aromatic nitrogens is 1. The van der Waals surface area contributed by atoms with Crippen LogP contribution in [0.25, 0.3) is 0 Å². The van der Waals surface area contributed by atoms with Gasteiger partial charge in [-0.1, -0.05) is 32.0 Å². The zero-order valence-electron chi connectivity index (χ0n) is 12.1. The van der Waals surface area contributed by atoms with Gasteiger partial charge >= 0.3 is 0 Å². The predicted octanol–water partition coefficient (Wildman–Crippen LogP) is 4.08. The molecule has 1 atom stereocenters. The lowest BCUT2D eigenvalue weighted by atomic mass is 10.0. The highest BCUT2D eigenvalue weighted by Crippen LogP contribution is 2.26. The summed E-state index contributed by atoms with van der Waals surface area (Å²) in [4.78, 5) is 4.57. The van der Waals surface area contributed by atoms with Gasteiger partial charge in [0.05, 0.1) is 10.7 Å². The van der Waals surface area contributed by atoms with Crippen molar-refractivity contribution in [3.8, 4) is 5.75 Å². The minimum Gasteiger partial charge on any atom is -0.487 e. The third-order valence-electron chi connectivity index (χ3n) is 3.20. The normalized spacial score (nSPS) is 12.3. The molecule has 1 aromatic heterocycles. The highest BCUT2D eigenvalue weighted by molar-refractivity contribution is 7.09. The SMILES string of the molecule is CCCc1nc(COc2ccccc2C(N)CC)cs1. The van der Waals surface area contributed by atoms with Crippen LogP contribution >= 0.6 is 11.3 Å². The van der Waals surface area contributed by atoms with E-state index in [4.69, 9.17) is 10.5 Å². The van der Waals surface area contributed by atoms with Crippen LogP contribution in [-0.2, 0) is 13.0 Å². The standard InChI is InChI=1S/C16H22N2OS/c1-3-7-16-18-12(11-20-16)10-19-15-9-6-5-8-13(15)14(17)4-2/h5-6,8-9,11,14H,3-4,7,10,17H2,1-2H3. The molecule has 0 fully saturated rings. The monoisotopic (exact) mass is 290 g/mol. The Morgan fingerprint density at radius 3 is 2.85 bits per heavy atom. The lowest BCUT2D eigenvalue weighted by Gasteiger charge is -2.15. The molecule has 0 amide bonds. The van der Waals surface area contributed by atoms with Crippen molar-refractivity contribution < 1.29 is 4.74 Å². The molecule has 4 heteroatoms. The number of nitrogens with two attached hydrogens (primary N) is 1. The van der Waals surface area contributed by atoms with Crippen LogP contribution < -0.4 is 10.5 Å². The van der Waals surface area contributed by atoms with Gasteiger partial charge in [0.25, 0.3) is 0 Å². The molecule has 1 aromatic carbocycles. The lowest BCUT2D eigenvalue weighted by Crippen LogP contribution is -2.10. The molecule has 0 bridgehead atoms. The summed E-state index contributed by atoms with van der Waals surface area (Å²) in [5.41, 5.74) is 8.18. The van der Waals surface area contributed by atoms with E-state index in [2.05, 4.69) is 24.2 Å². The summed E-state index contributed by atoms with van der Waals surface area (Å²) in [6.07, 6.45) is 3.07. The van der Waals surface area contributed by atoms with Gasteiger partial charge in [-0.25, -0.2) is 4.98 Å². The minimum atomic E-state index is 0.0253. The maximum Gasteiger partial charge on any atom is 0.131 e. The number of hydrogen-bond acceptors (Lipinski definition) is 4. The van der Waals surface area contributed by atoms with E-state index in [0.717, 1.165) is 36.3 Å². The molecule has 0 aliphatic rings. The van der Waals surface area contributed by atoms with Gasteiger partial charge in [0.15, 0.2) is 0 Å². The fourth-order valence-electron chi connectivity index (χ4n) is 2.03. The number of aryl methyl sites for hydroxylation is 1. The molecule has 1 unspecified atom stereocenters. The number of hydrogen-bond donors (Lipinski definition) is 1. The molecule has 3 nitrogen and oxygen atoms in total. The van der Waals surface area contributed by atoms with Gasteiger partial charge in [-0.3, -0.25) is 0 Å². The summed E-state index contributed by atoms with van der Waals surface area (Å²) in [5, 5.41) is 3.26. The van der Waals surface area contributed by atoms with Crippen LogP contribution in [0.5, 0.6) is 5.75 Å². The summed E-state index contributed by atoms with van der Waals surface area (Å²) in [5.74, 6) is 0.867. The molecule has 20 heavy (non-hydrogen) atoms. The van der Waals surface area contributed by atoms with E-state index >= 15 is 0 Å². The zero-order chi connectivity index (χ0) is 14.4. The van der Waals surface area contributed by atoms with Crippen molar-refractivity contribution in [3.63, 3.8) is 0 Å². The fraction of sp³-hybridized carbons (Fsp3) is 0.438. The second-order valence-corrected chi connectivity index (χ2v) is 5.77. The zero-order valence-corrected chi connectivity index (χ0v) is 13.0. The van der Waals surface area contributed by atoms with Crippen LogP contribution in [0.2, 0.25) is 0 Å². The molecular weight excluding hydrogens is 268 g/mol. The Kier molecular flexibility index (Phi) is 5.56. The summed E-state index contributed by atoms with van der Waals surface area (Å²) in [6, 6.07) is 8.01. The van der Waals surface area contributed by atoms with E-state index in [0.29, 0.717) is 6.61 Å². The van der Waals surface area contributed by atoms with Crippen LogP contribution in [0.15, 0.2) is 29.6 Å². The first kappa shape index (κ1) is 15.0. The Hall–Kier alpha value is -1.39. The Balaban J connectivity index is 2.02. The van der Waals surface area contributed by atoms with Gasteiger partial charge in [-0.05, 0) is 25.3 Å². The van der Waals surface area contributed by atoms with Gasteiger partial charge in [0, 0.05) is 17.0 Å². The molecule has 0 aliphatic carbocycles. The van der Waals surface area contributed by atoms with E-state index in [1.807, 2.05) is 24.3 Å². The second kappa shape index (κ2) is 7.41. The largest absolute Gasteiger partial charge is 0.487 e. The van der Waals surface area contributed by atoms with Crippen LogP contribution in [0.1, 0.15) is 49.0 Å². The van der Waals surface area contributed by atoms with Gasteiger partial charge in [-0.15, -0.1) is 11.3 Å². The van der Waals surface area contributed by atoms with Gasteiger partial charge in [-0.2, -0.15) is 0 Å². The summed E-state index contributed by atoms with van der Waals surface area (Å²) >= 11 is 1.71. The van der Waals surface area contributed by atoms with Crippen molar-refractivity contribution in [2.75, 3.05) is 0 Å². The average Bonchev–Trinajstić information content (AvgIpc) is 2.93. The minimum absolute atomic E-state index is 0.0253. The van der Waals surface area contributed by atoms with Crippen molar-refractivity contribution in [1.29, 1.82) is 0 Å². The Morgan fingerprint density at radius 1 is 1.30 bits per heavy atom. The third kappa shape index (κ3) is 3.81. The van der Waals surface area contributed by atoms with Crippen LogP contribution in [0.4, 0.5) is 0 Å². The van der Waals surface area contributed by atoms with E-state index in [1.165, 1.54) is 5.01 Å². The number of para-hydroxylation sites is 1. The molecule has 0 saturated heterocycles. The molecule has 0 spiro atoms. The van der Waals surface area contributed by atoms with Gasteiger partial charge < -0.3 is 10.5 Å². The molecule has 1 heterocycles. The number of rotatable bonds is 7. The van der Waals surface area contributed by atoms with Crippen molar-refractivity contribution in [2.24, 2.45) is 5.73 Å². The number of thiazole rings is 1. The molecule has 0 saturated carbocycles. The Morgan fingerprint density at radius 2 is 2.10 bits per heavy atom. The molecule has 0 radical (unpaired) electrons. The summed E-state index contributed by atoms with van der Waals surface area (Å²) < 4.78 is 5.90. The lowest BCUT2D eigenvalue weighted by molar-refractivity contribution is 0.296. The van der Waals surface area contributed by atoms with E-state index in [-0.39, 0.29) is 6.04 Å². The molecule has 2 N–H and O–H groups in total. The van der Waals surface area contributed by atoms with Gasteiger partial charge in [0.1, 0.15) is 12.4 Å². The first-order valence-corrected chi connectivity index (χ1v) is 8.03. The smallest absolute Gasteiger partial charge is 0.131 e. The van der Waals surface area contributed by atoms with Gasteiger partial charge in [0.2, 0.25) is 0 Å². The number of nitrogens with zero attached hydrogens (tertiary/aromatic N) is 1. The van der Waals surface area contributed by atoms with Crippen LogP contribution in [0, 0.1) is 0 Å². The van der Waals surface area contributed by atoms with E-state index in [9.17, 15) is 0 Å². The Bertz CT molecular complexity index is 539. The first-order chi connectivity index (χ1) is 9.74. The molecule has 108 valence electrons. The average molecular weight is 290 g/mol. The second-order valence-electron chi connectivity index (χ2n) is 4.82. The highest BCUT2D eigenvalue weighted by Gasteiger charge is 2.10. The fourth-order valence-corrected chi connectivity index (χ4v) is 2.92. The molecule has 2 rings (SSSR count). The quantitative estimate of drug-likeness (QED) is 0.835. The number of benzene rings is 1. The third-order valence-corrected chi connectivity index (χ3v) is 4.15. The van der Waals surface area contributed by atoms with Crippen molar-refractivity contribution in [2.45, 2.75) is 45.8 Å². The van der Waals surface area contributed by atoms with Crippen molar-refractivity contribution >= 4 is 11.3 Å². The topological polar surface area (TPSA) is 48.1 Å². The maximum absolute atomic E-state index is 6.11. The van der Waals surface area contributed by atoms with Crippen LogP contribution in [0.3, 0.4) is 0 Å². The van der Waals surface area contributed by atoms with E-state index < -0.39 is 0 Å². The summed E-state index contributed by atoms with van der Waals surface area (Å²) in [7, 11) is 0. The molecule has 2 aromatic rings. The van der Waals surface area contributed by atoms with Crippen molar-refractivity contribution in [3.05, 3.63) is 45.9 Å². The van der Waals surface area contributed by atoms with Crippen molar-refractivity contribution in [1.82, 2.24) is 4.98 Å². The first-order valence-electron chi connectivity index (χ1n) is 7.15. The van der Waals surface area contributed by atoms with Crippen LogP contribution in [-0.4, -0.2) is 4.98 Å². The summed E-state index contributed by atoms with van der Waals surface area (Å²) in [6.45, 7) is 4.76. The molecular formula is C16H22N2OS. The predicted molar refractivity (Wildman–Crippen MR) is 84.1 cm³/mol. The molecule has 0 aliphatic heterocycles. The maximum atomic E-state index is 6.11. The number of ether oxygens (including phenoxy) is 1. The Labute approximate surface area is 124 Å². The van der Waals surface area contributed by atoms with E-state index in [1.54, 1.807) is 11.3 Å².